The molecule has 1 N–H and O–H groups in total. The number of amides is 1. The van der Waals surface area contributed by atoms with E-state index in [2.05, 4.69) is 17.5 Å². The Labute approximate surface area is 191 Å². The molecule has 5 rings (SSSR count). The van der Waals surface area contributed by atoms with Crippen LogP contribution in [0.3, 0.4) is 0 Å². The minimum atomic E-state index is -0.203. The third-order valence-corrected chi connectivity index (χ3v) is 7.24. The van der Waals surface area contributed by atoms with Crippen molar-refractivity contribution in [3.8, 4) is 17.3 Å². The van der Waals surface area contributed by atoms with E-state index in [1.165, 1.54) is 11.3 Å². The number of benzene rings is 2. The zero-order chi connectivity index (χ0) is 22.1. The number of anilines is 1. The highest BCUT2D eigenvalue weighted by Crippen LogP contribution is 2.37. The monoisotopic (exact) mass is 437 g/mol. The number of rotatable bonds is 3. The van der Waals surface area contributed by atoms with Crippen molar-refractivity contribution in [3.05, 3.63) is 81.7 Å². The summed E-state index contributed by atoms with van der Waals surface area (Å²) in [5.41, 5.74) is 5.99. The summed E-state index contributed by atoms with van der Waals surface area (Å²) in [4.78, 5) is 19.5. The third kappa shape index (κ3) is 3.79. The second-order valence-electron chi connectivity index (χ2n) is 8.28. The largest absolute Gasteiger partial charge is 0.312 e. The van der Waals surface area contributed by atoms with Crippen molar-refractivity contribution in [1.82, 2.24) is 4.98 Å². The Morgan fingerprint density at radius 3 is 2.75 bits per heavy atom. The number of thiophene rings is 1. The van der Waals surface area contributed by atoms with Gasteiger partial charge in [-0.2, -0.15) is 5.26 Å². The van der Waals surface area contributed by atoms with Crippen LogP contribution in [-0.2, 0) is 12.8 Å². The maximum Gasteiger partial charge on any atom is 0.257 e. The van der Waals surface area contributed by atoms with Crippen LogP contribution in [0.4, 0.5) is 5.00 Å². The van der Waals surface area contributed by atoms with Gasteiger partial charge in [0.1, 0.15) is 11.1 Å². The molecule has 0 aliphatic heterocycles. The molecule has 158 valence electrons. The summed E-state index contributed by atoms with van der Waals surface area (Å²) in [5, 5.41) is 14.4. The van der Waals surface area contributed by atoms with Gasteiger partial charge in [0.2, 0.25) is 0 Å². The van der Waals surface area contributed by atoms with Gasteiger partial charge in [-0.25, -0.2) is 4.98 Å². The first-order valence-corrected chi connectivity index (χ1v) is 11.8. The summed E-state index contributed by atoms with van der Waals surface area (Å²) in [6, 6.07) is 20.0. The molecule has 0 spiro atoms. The van der Waals surface area contributed by atoms with Gasteiger partial charge in [0.25, 0.3) is 5.91 Å². The smallest absolute Gasteiger partial charge is 0.257 e. The highest BCUT2D eigenvalue weighted by molar-refractivity contribution is 7.16. The van der Waals surface area contributed by atoms with Gasteiger partial charge in [0.05, 0.1) is 22.3 Å². The van der Waals surface area contributed by atoms with Gasteiger partial charge in [-0.05, 0) is 56.4 Å². The molecule has 0 saturated heterocycles. The molecular formula is C27H23N3OS. The quantitative estimate of drug-likeness (QED) is 0.364. The first kappa shape index (κ1) is 20.4. The lowest BCUT2D eigenvalue weighted by atomic mass is 10.0. The van der Waals surface area contributed by atoms with Gasteiger partial charge >= 0.3 is 0 Å². The van der Waals surface area contributed by atoms with Crippen LogP contribution >= 0.6 is 11.3 Å². The molecule has 4 nitrogen and oxygen atoms in total. The molecule has 2 heterocycles. The van der Waals surface area contributed by atoms with Crippen molar-refractivity contribution in [3.63, 3.8) is 0 Å². The van der Waals surface area contributed by atoms with Crippen molar-refractivity contribution in [2.75, 3.05) is 5.32 Å². The van der Waals surface area contributed by atoms with Gasteiger partial charge in [-0.1, -0.05) is 48.4 Å². The van der Waals surface area contributed by atoms with Crippen molar-refractivity contribution < 1.29 is 4.79 Å². The summed E-state index contributed by atoms with van der Waals surface area (Å²) in [7, 11) is 0. The minimum Gasteiger partial charge on any atom is -0.312 e. The van der Waals surface area contributed by atoms with Crippen LogP contribution in [0.15, 0.2) is 54.6 Å². The topological polar surface area (TPSA) is 65.8 Å². The number of nitrogens with zero attached hydrogens (tertiary/aromatic N) is 2. The van der Waals surface area contributed by atoms with E-state index < -0.39 is 0 Å². The Morgan fingerprint density at radius 2 is 1.91 bits per heavy atom. The molecule has 1 aliphatic rings. The first-order chi connectivity index (χ1) is 15.6. The van der Waals surface area contributed by atoms with E-state index in [4.69, 9.17) is 4.98 Å². The molecule has 0 unspecified atom stereocenters. The van der Waals surface area contributed by atoms with Crippen LogP contribution in [0.2, 0.25) is 0 Å². The second-order valence-corrected chi connectivity index (χ2v) is 9.38. The summed E-state index contributed by atoms with van der Waals surface area (Å²) in [6.45, 7) is 2.04. The Hall–Kier alpha value is -3.49. The lowest BCUT2D eigenvalue weighted by molar-refractivity contribution is 0.102. The van der Waals surface area contributed by atoms with E-state index in [-0.39, 0.29) is 5.91 Å². The van der Waals surface area contributed by atoms with Crippen LogP contribution in [0.5, 0.6) is 0 Å². The van der Waals surface area contributed by atoms with Crippen molar-refractivity contribution in [2.24, 2.45) is 0 Å². The zero-order valence-electron chi connectivity index (χ0n) is 17.9. The van der Waals surface area contributed by atoms with Crippen LogP contribution in [0, 0.1) is 18.3 Å². The number of nitriles is 1. The number of carbonyl (C=O) groups excluding carboxylic acids is 1. The molecule has 0 radical (unpaired) electrons. The van der Waals surface area contributed by atoms with Gasteiger partial charge in [0.15, 0.2) is 0 Å². The third-order valence-electron chi connectivity index (χ3n) is 6.03. The number of carbonyl (C=O) groups is 1. The van der Waals surface area contributed by atoms with E-state index in [1.807, 2.05) is 55.5 Å². The van der Waals surface area contributed by atoms with Crippen molar-refractivity contribution in [2.45, 2.75) is 39.0 Å². The molecule has 5 heteroatoms. The summed E-state index contributed by atoms with van der Waals surface area (Å²) in [5.74, 6) is -0.203. The van der Waals surface area contributed by atoms with Crippen LogP contribution in [0.1, 0.15) is 51.2 Å². The molecule has 0 atom stereocenters. The molecule has 4 aromatic rings. The minimum absolute atomic E-state index is 0.203. The number of pyridine rings is 1. The number of fused-ring (bicyclic) bond motifs is 2. The molecule has 2 aromatic heterocycles. The van der Waals surface area contributed by atoms with Gasteiger partial charge < -0.3 is 5.32 Å². The van der Waals surface area contributed by atoms with E-state index >= 15 is 0 Å². The fraction of sp³-hybridized carbons (Fsp3) is 0.222. The lowest BCUT2D eigenvalue weighted by Crippen LogP contribution is -2.13. The molecule has 32 heavy (non-hydrogen) atoms. The van der Waals surface area contributed by atoms with Gasteiger partial charge in [0, 0.05) is 15.8 Å². The lowest BCUT2D eigenvalue weighted by Gasteiger charge is -2.11. The molecule has 0 bridgehead atoms. The first-order valence-electron chi connectivity index (χ1n) is 11.0. The molecule has 0 fully saturated rings. The summed E-state index contributed by atoms with van der Waals surface area (Å²) < 4.78 is 0. The number of para-hydroxylation sites is 1. The van der Waals surface area contributed by atoms with E-state index in [9.17, 15) is 10.1 Å². The van der Waals surface area contributed by atoms with Crippen molar-refractivity contribution in [1.29, 1.82) is 5.26 Å². The standard InChI is InChI=1S/C27H23N3OS/c1-17-8-7-9-18(14-17)24-15-21(19-10-5-6-12-23(19)29-24)26(31)30-27-22(16-28)20-11-3-2-4-13-25(20)32-27/h5-10,12,14-15H,2-4,11,13H2,1H3,(H,30,31). The maximum atomic E-state index is 13.5. The number of aryl methyl sites for hydroxylation is 2. The SMILES string of the molecule is Cc1cccc(-c2cc(C(=O)Nc3sc4c(c3C#N)CCCCC4)c3ccccc3n2)c1. The van der Waals surface area contributed by atoms with E-state index in [1.54, 1.807) is 11.3 Å². The second kappa shape index (κ2) is 8.57. The molecular weight excluding hydrogens is 414 g/mol. The fourth-order valence-corrected chi connectivity index (χ4v) is 5.67. The zero-order valence-corrected chi connectivity index (χ0v) is 18.8. The highest BCUT2D eigenvalue weighted by atomic mass is 32.1. The number of hydrogen-bond acceptors (Lipinski definition) is 4. The van der Waals surface area contributed by atoms with Gasteiger partial charge in [-0.15, -0.1) is 11.3 Å². The molecule has 0 saturated carbocycles. The van der Waals surface area contributed by atoms with E-state index in [0.717, 1.165) is 59.0 Å². The average Bonchev–Trinajstić information content (AvgIpc) is 2.96. The predicted molar refractivity (Wildman–Crippen MR) is 130 cm³/mol. The van der Waals surface area contributed by atoms with Gasteiger partial charge in [-0.3, -0.25) is 4.79 Å². The van der Waals surface area contributed by atoms with Crippen molar-refractivity contribution >= 4 is 33.1 Å². The molecule has 2 aromatic carbocycles. The van der Waals surface area contributed by atoms with E-state index in [0.29, 0.717) is 16.1 Å². The predicted octanol–water partition coefficient (Wildman–Crippen LogP) is 6.66. The molecule has 1 aliphatic carbocycles. The fourth-order valence-electron chi connectivity index (χ4n) is 4.43. The average molecular weight is 438 g/mol. The number of aromatic nitrogens is 1. The Balaban J connectivity index is 1.58. The molecule has 1 amide bonds. The Kier molecular flexibility index (Phi) is 5.46. The van der Waals surface area contributed by atoms with Crippen LogP contribution in [-0.4, -0.2) is 10.9 Å². The highest BCUT2D eigenvalue weighted by Gasteiger charge is 2.22. The maximum absolute atomic E-state index is 13.5. The Morgan fingerprint density at radius 1 is 1.06 bits per heavy atom. The Bertz CT molecular complexity index is 1380. The normalized spacial score (nSPS) is 13.2. The summed E-state index contributed by atoms with van der Waals surface area (Å²) in [6.07, 6.45) is 5.33. The number of hydrogen-bond donors (Lipinski definition) is 1. The van der Waals surface area contributed by atoms with Crippen LogP contribution in [0.25, 0.3) is 22.2 Å². The van der Waals surface area contributed by atoms with Crippen LogP contribution < -0.4 is 5.32 Å². The number of nitrogens with one attached hydrogen (secondary N) is 1. The summed E-state index contributed by atoms with van der Waals surface area (Å²) >= 11 is 1.56.